The van der Waals surface area contributed by atoms with Crippen molar-refractivity contribution in [2.75, 3.05) is 88.3 Å². The van der Waals surface area contributed by atoms with Gasteiger partial charge in [0, 0.05) is 171 Å². The molecule has 0 fully saturated rings. The molecule has 7 aromatic heterocycles. The normalized spacial score (nSPS) is 11.5. The van der Waals surface area contributed by atoms with E-state index in [1.54, 1.807) is 43.0 Å². The van der Waals surface area contributed by atoms with Crippen LogP contribution in [0.5, 0.6) is 17.2 Å². The van der Waals surface area contributed by atoms with Gasteiger partial charge in [-0.25, -0.2) is 43.7 Å². The second-order valence-electron chi connectivity index (χ2n) is 42.3. The number of ether oxygens (including phenoxy) is 3. The summed E-state index contributed by atoms with van der Waals surface area (Å²) in [6.07, 6.45) is 12.5. The lowest BCUT2D eigenvalue weighted by atomic mass is 10.1. The van der Waals surface area contributed by atoms with Crippen molar-refractivity contribution in [1.29, 1.82) is 0 Å². The number of halogens is 5. The van der Waals surface area contributed by atoms with Crippen molar-refractivity contribution in [3.05, 3.63) is 271 Å². The Morgan fingerprint density at radius 1 is 0.274 bits per heavy atom. The number of hydrogen-bond acceptors (Lipinski definition) is 31. The van der Waals surface area contributed by atoms with Crippen LogP contribution in [-0.4, -0.2) is 122 Å². The predicted octanol–water partition coefficient (Wildman–Crippen LogP) is 29.1. The molecule has 776 valence electrons. The van der Waals surface area contributed by atoms with E-state index >= 15 is 0 Å². The molecule has 0 unspecified atom stereocenters. The van der Waals surface area contributed by atoms with Gasteiger partial charge in [-0.3, -0.25) is 0 Å². The van der Waals surface area contributed by atoms with Crippen LogP contribution >= 0.6 is 34.8 Å². The van der Waals surface area contributed by atoms with Gasteiger partial charge >= 0.3 is 0 Å². The van der Waals surface area contributed by atoms with E-state index in [2.05, 4.69) is 286 Å². The van der Waals surface area contributed by atoms with Crippen LogP contribution in [0.4, 0.5) is 131 Å². The zero-order valence-electron chi connectivity index (χ0n) is 90.0. The van der Waals surface area contributed by atoms with Gasteiger partial charge in [-0.05, 0) is 329 Å². The van der Waals surface area contributed by atoms with Gasteiger partial charge in [0.05, 0.1) is 17.8 Å². The fraction of sp³-hybridized carbons (Fsp3) is 0.364. The Balaban J connectivity index is 0.000000190. The van der Waals surface area contributed by atoms with Gasteiger partial charge in [0.2, 0.25) is 48.4 Å². The molecule has 0 saturated carbocycles. The van der Waals surface area contributed by atoms with Gasteiger partial charge < -0.3 is 88.6 Å². The molecule has 7 aromatic carbocycles. The van der Waals surface area contributed by atoms with Crippen molar-refractivity contribution in [3.8, 4) is 17.2 Å². The van der Waals surface area contributed by atoms with E-state index in [1.165, 1.54) is 36.4 Å². The van der Waals surface area contributed by atoms with E-state index < -0.39 is 11.6 Å². The summed E-state index contributed by atoms with van der Waals surface area (Å²) in [5, 5.41) is 47.1. The molecule has 0 radical (unpaired) electrons. The van der Waals surface area contributed by atoms with Crippen molar-refractivity contribution >= 4 is 157 Å². The minimum absolute atomic E-state index is 0.0591. The Kier molecular flexibility index (Phi) is 40.0. The monoisotopic (exact) mass is 2050 g/mol. The molecule has 1 aliphatic heterocycles. The van der Waals surface area contributed by atoms with Crippen molar-refractivity contribution < 1.29 is 23.0 Å². The number of nitrogens with one attached hydrogen (secondary N) is 14. The summed E-state index contributed by atoms with van der Waals surface area (Å²) in [6, 6.07) is 44.7. The molecule has 0 bridgehead atoms. The summed E-state index contributed by atoms with van der Waals surface area (Å²) in [5.74, 6) is 10.2. The van der Waals surface area contributed by atoms with Crippen LogP contribution in [0.15, 0.2) is 189 Å². The third-order valence-electron chi connectivity index (χ3n) is 19.6. The lowest BCUT2D eigenvalue weighted by Gasteiger charge is -2.21. The average Bonchev–Trinajstić information content (AvgIpc) is 1.66. The highest BCUT2D eigenvalue weighted by Crippen LogP contribution is 2.41. The Bertz CT molecular complexity index is 6470. The van der Waals surface area contributed by atoms with E-state index in [-0.39, 0.29) is 56.3 Å². The van der Waals surface area contributed by atoms with Crippen molar-refractivity contribution in [1.82, 2.24) is 69.8 Å². The molecule has 0 amide bonds. The summed E-state index contributed by atoms with van der Waals surface area (Å²) < 4.78 is 42.8. The summed E-state index contributed by atoms with van der Waals surface area (Å²) in [4.78, 5) is 61.6. The highest BCUT2D eigenvalue weighted by atomic mass is 35.5. The molecule has 146 heavy (non-hydrogen) atoms. The lowest BCUT2D eigenvalue weighted by Crippen LogP contribution is -2.27. The van der Waals surface area contributed by atoms with E-state index in [9.17, 15) is 8.78 Å². The minimum atomic E-state index is -0.471. The van der Waals surface area contributed by atoms with Crippen molar-refractivity contribution in [2.24, 2.45) is 0 Å². The maximum Gasteiger partial charge on any atom is 0.231 e. The van der Waals surface area contributed by atoms with Gasteiger partial charge in [0.25, 0.3) is 0 Å². The summed E-state index contributed by atoms with van der Waals surface area (Å²) in [5.41, 5.74) is 15.6. The first kappa shape index (κ1) is 115. The molecule has 0 aliphatic carbocycles. The second kappa shape index (κ2) is 50.8. The number of nitrogens with zero attached hydrogens (tertiary/aromatic N) is 14. The fourth-order valence-corrected chi connectivity index (χ4v) is 13.1. The molecule has 0 atom stereocenters. The molecular formula is C110H143Cl3F2N28O3. The SMILES string of the molecule is COc1cc(Nc2nc(NC(C)(C)C)ncc2C)ccc1F.Cc1cc(Nc2nc(NC(C)(C)C)ncc2C)ccc1Cl.Cc1ccc(Nc2nc(NC(C)(C)C)ncc2C)cc1.Cc1cccc(Nc2nc(NC(C)(C)C)ncc2C)c1.Cc1cnc(NC(C)(C)C)nc1Nc1ccc(Cl)c(F)c1.Cc1cnc(NC(C)(C)C)nc1Nc1cccc(Cl)c1.Cc1cnc(NC(C)(C)C)nc1Nc1cccc2c1OCO2. The third-order valence-corrected chi connectivity index (χ3v) is 20.5. The number of benzene rings is 7. The number of aryl methyl sites for hydroxylation is 10. The number of para-hydroxylation sites is 1. The smallest absolute Gasteiger partial charge is 0.231 e. The topological polar surface area (TPSA) is 377 Å². The Morgan fingerprint density at radius 3 is 0.897 bits per heavy atom. The second-order valence-corrected chi connectivity index (χ2v) is 43.6. The van der Waals surface area contributed by atoms with Crippen molar-refractivity contribution in [2.45, 2.75) is 253 Å². The Morgan fingerprint density at radius 2 is 0.568 bits per heavy atom. The van der Waals surface area contributed by atoms with Gasteiger partial charge in [0.15, 0.2) is 23.1 Å². The first-order chi connectivity index (χ1) is 68.2. The highest BCUT2D eigenvalue weighted by Gasteiger charge is 2.24. The standard InChI is InChI=1S/C16H21ClN4.C16H21FN4O.C16H20N4O2.2C16H22N4.C15H18ClFN4.C15H19ClN4/c1-10-8-12(6-7-13(10)17)19-14-11(2)9-18-15(20-14)21-16(3,4)5;1-10-9-18-15(21-16(2,3)4)20-14(10)19-11-6-7-12(17)13(8-11)22-5;1-10-8-17-15(20-16(2,3)4)19-14(10)18-11-6-5-7-12-13(11)22-9-21-12;1-11-6-8-13(9-7-11)18-14-12(2)10-17-15(19-14)20-16(3,4)5;1-11-7-6-8-13(9-11)18-14-12(2)10-17-15(19-14)20-16(3,4)5;1-9-8-18-14(21-15(2,3)4)20-13(9)19-10-5-6-11(16)12(17)7-10;1-10-9-17-14(20-15(2,3)4)19-13(10)18-12-7-5-6-11(16)8-12/h6-9H,1-5H3,(H2,18,19,20,21);6-9H,1-5H3,(H2,18,19,20,21);5-8H,9H2,1-4H3,(H2,17,18,19,20);2*6-10H,1-5H3,(H2,17,18,19,20);5-8H,1-4H3,(H2,18,19,20,21);5-9H,1-4H3,(H2,17,18,19,20). The molecule has 15 rings (SSSR count). The molecule has 0 saturated heterocycles. The molecular weight excluding hydrogens is 1910 g/mol. The molecule has 8 heterocycles. The van der Waals surface area contributed by atoms with Gasteiger partial charge in [-0.15, -0.1) is 0 Å². The van der Waals surface area contributed by atoms with Crippen LogP contribution < -0.4 is 88.6 Å². The molecule has 0 spiro atoms. The zero-order valence-corrected chi connectivity index (χ0v) is 92.2. The summed E-state index contributed by atoms with van der Waals surface area (Å²) in [6.45, 7) is 63.4. The highest BCUT2D eigenvalue weighted by molar-refractivity contribution is 6.31. The maximum atomic E-state index is 13.5. The van der Waals surface area contributed by atoms with E-state index in [1.807, 2.05) is 200 Å². The average molecular weight is 2050 g/mol. The maximum absolute atomic E-state index is 13.5. The lowest BCUT2D eigenvalue weighted by molar-refractivity contribution is 0.174. The quantitative estimate of drug-likeness (QED) is 0.0300. The number of methoxy groups -OCH3 is 1. The Labute approximate surface area is 874 Å². The van der Waals surface area contributed by atoms with E-state index in [0.717, 1.165) is 113 Å². The van der Waals surface area contributed by atoms with Crippen LogP contribution in [0.1, 0.15) is 201 Å². The van der Waals surface area contributed by atoms with Crippen LogP contribution in [0.25, 0.3) is 0 Å². The van der Waals surface area contributed by atoms with Crippen LogP contribution in [-0.2, 0) is 0 Å². The molecule has 36 heteroatoms. The van der Waals surface area contributed by atoms with Crippen molar-refractivity contribution in [3.63, 3.8) is 0 Å². The van der Waals surface area contributed by atoms with E-state index in [4.69, 9.17) is 49.0 Å². The number of aromatic nitrogens is 14. The number of anilines is 21. The zero-order chi connectivity index (χ0) is 108. The van der Waals surface area contributed by atoms with Gasteiger partial charge in [0.1, 0.15) is 46.5 Å². The third kappa shape index (κ3) is 40.2. The minimum Gasteiger partial charge on any atom is -0.494 e. The van der Waals surface area contributed by atoms with Gasteiger partial charge in [-0.1, -0.05) is 76.8 Å². The van der Waals surface area contributed by atoms with Crippen LogP contribution in [0.2, 0.25) is 15.1 Å². The fourth-order valence-electron chi connectivity index (χ4n) is 12.7. The molecule has 14 aromatic rings. The number of fused-ring (bicyclic) bond motifs is 1. The molecule has 1 aliphatic rings. The number of hydrogen-bond donors (Lipinski definition) is 14. The van der Waals surface area contributed by atoms with E-state index in [0.29, 0.717) is 75.4 Å². The molecule has 14 N–H and O–H groups in total. The van der Waals surface area contributed by atoms with Crippen LogP contribution in [0, 0.1) is 80.9 Å². The van der Waals surface area contributed by atoms with Crippen LogP contribution in [0.3, 0.4) is 0 Å². The largest absolute Gasteiger partial charge is 0.494 e. The Hall–Kier alpha value is -14.6. The molecule has 31 nitrogen and oxygen atoms in total. The predicted molar refractivity (Wildman–Crippen MR) is 601 cm³/mol. The number of rotatable bonds is 22. The first-order valence-corrected chi connectivity index (χ1v) is 48.9. The summed E-state index contributed by atoms with van der Waals surface area (Å²) >= 11 is 17.7. The first-order valence-electron chi connectivity index (χ1n) is 47.7. The van der Waals surface area contributed by atoms with Gasteiger partial charge in [-0.2, -0.15) is 34.9 Å². The summed E-state index contributed by atoms with van der Waals surface area (Å²) in [7, 11) is 1.43.